The number of carbonyl (C=O) groups is 1. The molecule has 1 saturated heterocycles. The number of hydrogen-bond donors (Lipinski definition) is 1. The van der Waals surface area contributed by atoms with Crippen LogP contribution in [0, 0.1) is 13.8 Å². The second kappa shape index (κ2) is 7.79. The lowest BCUT2D eigenvalue weighted by Crippen LogP contribution is -2.55. The van der Waals surface area contributed by atoms with Gasteiger partial charge in [-0.25, -0.2) is 0 Å². The van der Waals surface area contributed by atoms with E-state index >= 15 is 0 Å². The molecule has 1 amide bonds. The van der Waals surface area contributed by atoms with Crippen molar-refractivity contribution in [2.24, 2.45) is 0 Å². The fraction of sp³-hybridized carbons (Fsp3) is 0.611. The van der Waals surface area contributed by atoms with Crippen LogP contribution in [0.4, 0.5) is 0 Å². The highest BCUT2D eigenvalue weighted by molar-refractivity contribution is 5.77. The van der Waals surface area contributed by atoms with Crippen molar-refractivity contribution in [3.8, 4) is 5.75 Å². The predicted molar refractivity (Wildman–Crippen MR) is 90.9 cm³/mol. The van der Waals surface area contributed by atoms with Crippen LogP contribution in [-0.2, 0) is 9.53 Å². The van der Waals surface area contributed by atoms with Crippen LogP contribution < -0.4 is 10.1 Å². The van der Waals surface area contributed by atoms with Gasteiger partial charge in [-0.15, -0.1) is 0 Å². The fourth-order valence-corrected chi connectivity index (χ4v) is 2.60. The van der Waals surface area contributed by atoms with Crippen molar-refractivity contribution >= 4 is 5.91 Å². The third-order valence-corrected chi connectivity index (χ3v) is 4.43. The van der Waals surface area contributed by atoms with Gasteiger partial charge in [0.1, 0.15) is 5.75 Å². The number of benzene rings is 1. The minimum Gasteiger partial charge on any atom is -0.484 e. The molecule has 2 rings (SSSR count). The first-order valence-electron chi connectivity index (χ1n) is 8.18. The van der Waals surface area contributed by atoms with E-state index in [1.165, 1.54) is 5.56 Å². The molecular weight excluding hydrogens is 292 g/mol. The first-order valence-corrected chi connectivity index (χ1v) is 8.18. The highest BCUT2D eigenvalue weighted by Gasteiger charge is 2.28. The van der Waals surface area contributed by atoms with E-state index in [0.29, 0.717) is 6.54 Å². The topological polar surface area (TPSA) is 50.8 Å². The monoisotopic (exact) mass is 320 g/mol. The summed E-state index contributed by atoms with van der Waals surface area (Å²) in [6.45, 7) is 12.3. The maximum absolute atomic E-state index is 12.0. The summed E-state index contributed by atoms with van der Waals surface area (Å²) in [5, 5.41) is 2.97. The molecule has 5 nitrogen and oxygen atoms in total. The lowest BCUT2D eigenvalue weighted by Gasteiger charge is -2.40. The highest BCUT2D eigenvalue weighted by atomic mass is 16.5. The number of hydrogen-bond acceptors (Lipinski definition) is 4. The number of nitrogens with one attached hydrogen (secondary N) is 1. The van der Waals surface area contributed by atoms with Crippen LogP contribution in [0.3, 0.4) is 0 Å². The van der Waals surface area contributed by atoms with Crippen molar-refractivity contribution in [3.05, 3.63) is 29.3 Å². The molecular formula is C18H28N2O3. The van der Waals surface area contributed by atoms with Gasteiger partial charge >= 0.3 is 0 Å². The van der Waals surface area contributed by atoms with Gasteiger partial charge in [0.15, 0.2) is 6.61 Å². The van der Waals surface area contributed by atoms with Gasteiger partial charge in [-0.2, -0.15) is 0 Å². The highest BCUT2D eigenvalue weighted by Crippen LogP contribution is 2.17. The molecule has 1 aromatic rings. The van der Waals surface area contributed by atoms with Crippen LogP contribution in [-0.4, -0.2) is 55.8 Å². The molecule has 1 fully saturated rings. The van der Waals surface area contributed by atoms with Gasteiger partial charge in [0.05, 0.1) is 13.2 Å². The molecule has 5 heteroatoms. The second-order valence-electron chi connectivity index (χ2n) is 6.72. The van der Waals surface area contributed by atoms with Gasteiger partial charge in [-0.3, -0.25) is 9.69 Å². The molecule has 1 aliphatic rings. The number of morpholine rings is 1. The molecule has 0 atom stereocenters. The number of aryl methyl sites for hydroxylation is 2. The Balaban J connectivity index is 1.76. The van der Waals surface area contributed by atoms with E-state index in [1.54, 1.807) is 0 Å². The van der Waals surface area contributed by atoms with Crippen LogP contribution in [0.25, 0.3) is 0 Å². The van der Waals surface area contributed by atoms with Crippen LogP contribution >= 0.6 is 0 Å². The van der Waals surface area contributed by atoms with Crippen molar-refractivity contribution in [1.82, 2.24) is 10.2 Å². The van der Waals surface area contributed by atoms with E-state index in [4.69, 9.17) is 9.47 Å². The van der Waals surface area contributed by atoms with Gasteiger partial charge < -0.3 is 14.8 Å². The molecule has 0 aromatic heterocycles. The van der Waals surface area contributed by atoms with E-state index < -0.39 is 0 Å². The Morgan fingerprint density at radius 2 is 1.96 bits per heavy atom. The molecule has 128 valence electrons. The van der Waals surface area contributed by atoms with Crippen LogP contribution in [0.5, 0.6) is 5.75 Å². The number of carbonyl (C=O) groups excluding carboxylic acids is 1. The van der Waals surface area contributed by atoms with E-state index in [1.807, 2.05) is 25.1 Å². The van der Waals surface area contributed by atoms with Crippen LogP contribution in [0.15, 0.2) is 18.2 Å². The van der Waals surface area contributed by atoms with E-state index in [2.05, 4.69) is 31.0 Å². The molecule has 0 spiro atoms. The Labute approximate surface area is 139 Å². The SMILES string of the molecule is Cc1ccc(OCC(=O)NCC(C)(C)N2CCOCC2)cc1C. The Morgan fingerprint density at radius 3 is 2.61 bits per heavy atom. The van der Waals surface area contributed by atoms with Crippen molar-refractivity contribution in [2.75, 3.05) is 39.5 Å². The normalized spacial score (nSPS) is 16.2. The molecule has 0 bridgehead atoms. The zero-order valence-electron chi connectivity index (χ0n) is 14.6. The van der Waals surface area contributed by atoms with E-state index in [9.17, 15) is 4.79 Å². The van der Waals surface area contributed by atoms with Crippen molar-refractivity contribution in [2.45, 2.75) is 33.2 Å². The number of nitrogens with zero attached hydrogens (tertiary/aromatic N) is 1. The summed E-state index contributed by atoms with van der Waals surface area (Å²) in [5.41, 5.74) is 2.30. The summed E-state index contributed by atoms with van der Waals surface area (Å²) in [4.78, 5) is 14.4. The third kappa shape index (κ3) is 5.22. The van der Waals surface area contributed by atoms with Gasteiger partial charge in [-0.1, -0.05) is 6.07 Å². The van der Waals surface area contributed by atoms with Gasteiger partial charge in [0, 0.05) is 25.2 Å². The summed E-state index contributed by atoms with van der Waals surface area (Å²) in [6.07, 6.45) is 0. The molecule has 0 saturated carbocycles. The largest absolute Gasteiger partial charge is 0.484 e. The molecule has 23 heavy (non-hydrogen) atoms. The van der Waals surface area contributed by atoms with Gasteiger partial charge in [-0.05, 0) is 51.0 Å². The van der Waals surface area contributed by atoms with Crippen molar-refractivity contribution in [1.29, 1.82) is 0 Å². The molecule has 0 aliphatic carbocycles. The Kier molecular flexibility index (Phi) is 6.02. The number of ether oxygens (including phenoxy) is 2. The first kappa shape index (κ1) is 17.8. The Hall–Kier alpha value is -1.59. The lowest BCUT2D eigenvalue weighted by molar-refractivity contribution is -0.123. The lowest BCUT2D eigenvalue weighted by atomic mass is 10.0. The molecule has 0 unspecified atom stereocenters. The van der Waals surface area contributed by atoms with Crippen molar-refractivity contribution < 1.29 is 14.3 Å². The second-order valence-corrected chi connectivity index (χ2v) is 6.72. The summed E-state index contributed by atoms with van der Waals surface area (Å²) in [6, 6.07) is 5.86. The summed E-state index contributed by atoms with van der Waals surface area (Å²) < 4.78 is 10.9. The zero-order chi connectivity index (χ0) is 16.9. The van der Waals surface area contributed by atoms with Crippen LogP contribution in [0.1, 0.15) is 25.0 Å². The van der Waals surface area contributed by atoms with Crippen LogP contribution in [0.2, 0.25) is 0 Å². The zero-order valence-corrected chi connectivity index (χ0v) is 14.6. The average Bonchev–Trinajstić information content (AvgIpc) is 2.55. The average molecular weight is 320 g/mol. The van der Waals surface area contributed by atoms with E-state index in [0.717, 1.165) is 37.6 Å². The standard InChI is InChI=1S/C18H28N2O3/c1-14-5-6-16(11-15(14)2)23-12-17(21)19-13-18(3,4)20-7-9-22-10-8-20/h5-6,11H,7-10,12-13H2,1-4H3,(H,19,21). The molecule has 1 aliphatic heterocycles. The summed E-state index contributed by atoms with van der Waals surface area (Å²) in [7, 11) is 0. The van der Waals surface area contributed by atoms with Gasteiger partial charge in [0.2, 0.25) is 0 Å². The first-order chi connectivity index (χ1) is 10.9. The Morgan fingerprint density at radius 1 is 1.26 bits per heavy atom. The molecule has 1 N–H and O–H groups in total. The maximum Gasteiger partial charge on any atom is 0.258 e. The number of rotatable bonds is 6. The number of amides is 1. The smallest absolute Gasteiger partial charge is 0.258 e. The third-order valence-electron chi connectivity index (χ3n) is 4.43. The summed E-state index contributed by atoms with van der Waals surface area (Å²) >= 11 is 0. The minimum absolute atomic E-state index is 0.0433. The molecule has 0 radical (unpaired) electrons. The van der Waals surface area contributed by atoms with E-state index in [-0.39, 0.29) is 18.1 Å². The molecule has 1 heterocycles. The quantitative estimate of drug-likeness (QED) is 0.870. The Bertz CT molecular complexity index is 537. The maximum atomic E-state index is 12.0. The van der Waals surface area contributed by atoms with Gasteiger partial charge in [0.25, 0.3) is 5.91 Å². The minimum atomic E-state index is -0.0930. The summed E-state index contributed by atoms with van der Waals surface area (Å²) in [5.74, 6) is 0.639. The predicted octanol–water partition coefficient (Wildman–Crippen LogP) is 1.91. The fourth-order valence-electron chi connectivity index (χ4n) is 2.60. The molecule has 1 aromatic carbocycles. The van der Waals surface area contributed by atoms with Crippen molar-refractivity contribution in [3.63, 3.8) is 0 Å².